The normalized spacial score (nSPS) is 11.7. The molecule has 0 aliphatic heterocycles. The molecule has 0 spiro atoms. The molecule has 118 valence electrons. The summed E-state index contributed by atoms with van der Waals surface area (Å²) < 4.78 is 1.74. The Bertz CT molecular complexity index is 676. The van der Waals surface area contributed by atoms with E-state index < -0.39 is 5.97 Å². The first kappa shape index (κ1) is 16.3. The number of hydrogen-bond acceptors (Lipinski definition) is 2. The van der Waals surface area contributed by atoms with Crippen LogP contribution in [0.4, 0.5) is 0 Å². The summed E-state index contributed by atoms with van der Waals surface area (Å²) in [5.74, 6) is -0.904. The van der Waals surface area contributed by atoms with E-state index in [2.05, 4.69) is 38.0 Å². The molecule has 22 heavy (non-hydrogen) atoms. The Hall–Kier alpha value is -2.10. The van der Waals surface area contributed by atoms with Gasteiger partial charge in [0.15, 0.2) is 0 Å². The molecule has 0 aliphatic carbocycles. The van der Waals surface area contributed by atoms with E-state index in [0.29, 0.717) is 23.4 Å². The lowest BCUT2D eigenvalue weighted by molar-refractivity contribution is 0.0695. The molecule has 0 saturated heterocycles. The molecule has 0 saturated carbocycles. The third kappa shape index (κ3) is 3.06. The third-order valence-electron chi connectivity index (χ3n) is 3.87. The van der Waals surface area contributed by atoms with Crippen molar-refractivity contribution in [3.63, 3.8) is 0 Å². The van der Waals surface area contributed by atoms with Crippen LogP contribution in [-0.4, -0.2) is 20.9 Å². The second kappa shape index (κ2) is 5.95. The summed E-state index contributed by atoms with van der Waals surface area (Å²) in [5, 5.41) is 13.9. The first-order chi connectivity index (χ1) is 10.3. The van der Waals surface area contributed by atoms with Crippen molar-refractivity contribution < 1.29 is 9.90 Å². The maximum absolute atomic E-state index is 11.5. The van der Waals surface area contributed by atoms with E-state index in [1.54, 1.807) is 4.68 Å². The van der Waals surface area contributed by atoms with E-state index in [9.17, 15) is 9.90 Å². The molecule has 0 bridgehead atoms. The van der Waals surface area contributed by atoms with Crippen LogP contribution in [-0.2, 0) is 11.8 Å². The molecule has 0 aliphatic rings. The van der Waals surface area contributed by atoms with Gasteiger partial charge in [0.25, 0.3) is 0 Å². The van der Waals surface area contributed by atoms with E-state index in [1.165, 1.54) is 5.56 Å². The highest BCUT2D eigenvalue weighted by molar-refractivity contribution is 5.90. The first-order valence-corrected chi connectivity index (χ1v) is 7.68. The van der Waals surface area contributed by atoms with E-state index >= 15 is 0 Å². The van der Waals surface area contributed by atoms with E-state index in [-0.39, 0.29) is 5.41 Å². The zero-order valence-corrected chi connectivity index (χ0v) is 14.0. The molecule has 1 heterocycles. The number of aryl methyl sites for hydroxylation is 1. The standard InChI is InChI=1S/C18H24N2O2/c1-6-7-15-16(17(21)22)12(2)20(19-15)14-10-8-13(9-11-14)18(3,4)5/h8-11H,6-7H2,1-5H3,(H,21,22). The summed E-state index contributed by atoms with van der Waals surface area (Å²) in [6, 6.07) is 8.16. The highest BCUT2D eigenvalue weighted by atomic mass is 16.4. The maximum atomic E-state index is 11.5. The smallest absolute Gasteiger partial charge is 0.339 e. The molecule has 1 aromatic heterocycles. The molecule has 0 fully saturated rings. The SMILES string of the molecule is CCCc1nn(-c2ccc(C(C)(C)C)cc2)c(C)c1C(=O)O. The number of hydrogen-bond donors (Lipinski definition) is 1. The summed E-state index contributed by atoms with van der Waals surface area (Å²) in [4.78, 5) is 11.5. The molecule has 0 radical (unpaired) electrons. The number of carboxylic acids is 1. The molecular formula is C18H24N2O2. The topological polar surface area (TPSA) is 55.1 Å². The lowest BCUT2D eigenvalue weighted by atomic mass is 9.87. The van der Waals surface area contributed by atoms with Crippen molar-refractivity contribution >= 4 is 5.97 Å². The van der Waals surface area contributed by atoms with Gasteiger partial charge in [-0.05, 0) is 36.5 Å². The van der Waals surface area contributed by atoms with Crippen LogP contribution in [0.2, 0.25) is 0 Å². The fourth-order valence-corrected chi connectivity index (χ4v) is 2.60. The Labute approximate surface area is 131 Å². The molecule has 2 rings (SSSR count). The van der Waals surface area contributed by atoms with Gasteiger partial charge in [-0.2, -0.15) is 5.10 Å². The van der Waals surface area contributed by atoms with Gasteiger partial charge in [0, 0.05) is 0 Å². The van der Waals surface area contributed by atoms with Crippen molar-refractivity contribution in [2.45, 2.75) is 52.9 Å². The van der Waals surface area contributed by atoms with Gasteiger partial charge < -0.3 is 5.11 Å². The Morgan fingerprint density at radius 3 is 2.27 bits per heavy atom. The van der Waals surface area contributed by atoms with Crippen LogP contribution in [0.25, 0.3) is 5.69 Å². The third-order valence-corrected chi connectivity index (χ3v) is 3.87. The van der Waals surface area contributed by atoms with E-state index in [0.717, 1.165) is 12.1 Å². The van der Waals surface area contributed by atoms with Crippen molar-refractivity contribution in [3.8, 4) is 5.69 Å². The minimum absolute atomic E-state index is 0.0945. The molecule has 4 heteroatoms. The Kier molecular flexibility index (Phi) is 4.40. The van der Waals surface area contributed by atoms with Gasteiger partial charge >= 0.3 is 5.97 Å². The van der Waals surface area contributed by atoms with Crippen LogP contribution in [0.15, 0.2) is 24.3 Å². The van der Waals surface area contributed by atoms with Gasteiger partial charge in [0.1, 0.15) is 5.56 Å². The fourth-order valence-electron chi connectivity index (χ4n) is 2.60. The number of aromatic nitrogens is 2. The van der Waals surface area contributed by atoms with Gasteiger partial charge in [0.05, 0.1) is 17.1 Å². The number of aromatic carboxylic acids is 1. The monoisotopic (exact) mass is 300 g/mol. The lowest BCUT2D eigenvalue weighted by Gasteiger charge is -2.19. The van der Waals surface area contributed by atoms with Crippen molar-refractivity contribution in [2.24, 2.45) is 0 Å². The number of rotatable bonds is 4. The quantitative estimate of drug-likeness (QED) is 0.923. The predicted octanol–water partition coefficient (Wildman–Crippen LogP) is 4.13. The summed E-state index contributed by atoms with van der Waals surface area (Å²) in [7, 11) is 0. The highest BCUT2D eigenvalue weighted by Crippen LogP contribution is 2.25. The van der Waals surface area contributed by atoms with Crippen LogP contribution in [0.1, 0.15) is 61.4 Å². The van der Waals surface area contributed by atoms with Gasteiger partial charge in [-0.1, -0.05) is 46.2 Å². The average Bonchev–Trinajstić information content (AvgIpc) is 2.75. The van der Waals surface area contributed by atoms with Crippen molar-refractivity contribution in [1.29, 1.82) is 0 Å². The van der Waals surface area contributed by atoms with Crippen molar-refractivity contribution in [1.82, 2.24) is 9.78 Å². The zero-order valence-electron chi connectivity index (χ0n) is 14.0. The van der Waals surface area contributed by atoms with Gasteiger partial charge in [-0.15, -0.1) is 0 Å². The molecule has 1 N–H and O–H groups in total. The van der Waals surface area contributed by atoms with Crippen LogP contribution < -0.4 is 0 Å². The minimum atomic E-state index is -0.904. The fraction of sp³-hybridized carbons (Fsp3) is 0.444. The molecular weight excluding hydrogens is 276 g/mol. The summed E-state index contributed by atoms with van der Waals surface area (Å²) >= 11 is 0. The number of nitrogens with zero attached hydrogens (tertiary/aromatic N) is 2. The van der Waals surface area contributed by atoms with Crippen LogP contribution in [0.5, 0.6) is 0 Å². The highest BCUT2D eigenvalue weighted by Gasteiger charge is 2.21. The van der Waals surface area contributed by atoms with Gasteiger partial charge in [-0.25, -0.2) is 9.48 Å². The Morgan fingerprint density at radius 1 is 1.23 bits per heavy atom. The molecule has 0 amide bonds. The van der Waals surface area contributed by atoms with Crippen molar-refractivity contribution in [2.75, 3.05) is 0 Å². The second-order valence-corrected chi connectivity index (χ2v) is 6.67. The average molecular weight is 300 g/mol. The van der Waals surface area contributed by atoms with Crippen LogP contribution in [0, 0.1) is 6.92 Å². The molecule has 4 nitrogen and oxygen atoms in total. The molecule has 0 unspecified atom stereocenters. The number of carbonyl (C=O) groups is 1. The van der Waals surface area contributed by atoms with E-state index in [4.69, 9.17) is 0 Å². The summed E-state index contributed by atoms with van der Waals surface area (Å²) in [5.41, 5.74) is 3.91. The van der Waals surface area contributed by atoms with Crippen LogP contribution in [0.3, 0.4) is 0 Å². The lowest BCUT2D eigenvalue weighted by Crippen LogP contribution is -2.11. The largest absolute Gasteiger partial charge is 0.478 e. The Balaban J connectivity index is 2.49. The number of benzene rings is 1. The molecule has 0 atom stereocenters. The second-order valence-electron chi connectivity index (χ2n) is 6.67. The summed E-state index contributed by atoms with van der Waals surface area (Å²) in [6.45, 7) is 10.3. The molecule has 2 aromatic rings. The predicted molar refractivity (Wildman–Crippen MR) is 88.0 cm³/mol. The van der Waals surface area contributed by atoms with Crippen LogP contribution >= 0.6 is 0 Å². The Morgan fingerprint density at radius 2 is 1.82 bits per heavy atom. The number of carboxylic acid groups (broad SMARTS) is 1. The summed E-state index contributed by atoms with van der Waals surface area (Å²) in [6.07, 6.45) is 1.55. The van der Waals surface area contributed by atoms with E-state index in [1.807, 2.05) is 26.0 Å². The van der Waals surface area contributed by atoms with Gasteiger partial charge in [0.2, 0.25) is 0 Å². The van der Waals surface area contributed by atoms with Gasteiger partial charge in [-0.3, -0.25) is 0 Å². The zero-order chi connectivity index (χ0) is 16.5. The minimum Gasteiger partial charge on any atom is -0.478 e. The molecule has 1 aromatic carbocycles. The maximum Gasteiger partial charge on any atom is 0.339 e. The van der Waals surface area contributed by atoms with Crippen molar-refractivity contribution in [3.05, 3.63) is 46.8 Å². The first-order valence-electron chi connectivity index (χ1n) is 7.68.